The summed E-state index contributed by atoms with van der Waals surface area (Å²) in [5.74, 6) is -0.0463. The Morgan fingerprint density at radius 1 is 1.57 bits per heavy atom. The SMILES string of the molecule is Nc1ccc(C(=O)N2CCNC2)nc1. The minimum Gasteiger partial charge on any atom is -0.397 e. The van der Waals surface area contributed by atoms with Crippen LogP contribution in [-0.2, 0) is 0 Å². The highest BCUT2D eigenvalue weighted by molar-refractivity contribution is 5.92. The number of carbonyl (C=O) groups is 1. The standard InChI is InChI=1S/C9H12N4O/c10-7-1-2-8(12-5-7)9(14)13-4-3-11-6-13/h1-2,5,11H,3-4,6,10H2. The number of nitrogen functional groups attached to an aromatic ring is 1. The molecule has 0 aromatic carbocycles. The maximum absolute atomic E-state index is 11.7. The monoisotopic (exact) mass is 192 g/mol. The van der Waals surface area contributed by atoms with Crippen molar-refractivity contribution in [3.63, 3.8) is 0 Å². The Morgan fingerprint density at radius 3 is 3.00 bits per heavy atom. The molecule has 74 valence electrons. The average molecular weight is 192 g/mol. The normalized spacial score (nSPS) is 15.9. The van der Waals surface area contributed by atoms with Gasteiger partial charge in [-0.05, 0) is 12.1 Å². The van der Waals surface area contributed by atoms with Gasteiger partial charge in [0, 0.05) is 13.1 Å². The number of hydrogen-bond donors (Lipinski definition) is 2. The van der Waals surface area contributed by atoms with Crippen LogP contribution in [0.15, 0.2) is 18.3 Å². The summed E-state index contributed by atoms with van der Waals surface area (Å²) in [4.78, 5) is 17.4. The van der Waals surface area contributed by atoms with Crippen LogP contribution in [0.4, 0.5) is 5.69 Å². The zero-order valence-corrected chi connectivity index (χ0v) is 7.73. The number of hydrogen-bond acceptors (Lipinski definition) is 4. The maximum Gasteiger partial charge on any atom is 0.273 e. The van der Waals surface area contributed by atoms with Crippen molar-refractivity contribution >= 4 is 11.6 Å². The summed E-state index contributed by atoms with van der Waals surface area (Å²) >= 11 is 0. The lowest BCUT2D eigenvalue weighted by Gasteiger charge is -2.13. The van der Waals surface area contributed by atoms with Gasteiger partial charge in [-0.25, -0.2) is 4.98 Å². The van der Waals surface area contributed by atoms with E-state index in [1.54, 1.807) is 17.0 Å². The van der Waals surface area contributed by atoms with E-state index in [2.05, 4.69) is 10.3 Å². The minimum absolute atomic E-state index is 0.0463. The summed E-state index contributed by atoms with van der Waals surface area (Å²) in [5.41, 5.74) is 6.50. The zero-order valence-electron chi connectivity index (χ0n) is 7.73. The van der Waals surface area contributed by atoms with Crippen molar-refractivity contribution in [2.45, 2.75) is 0 Å². The molecule has 1 aliphatic rings. The van der Waals surface area contributed by atoms with E-state index in [1.807, 2.05) is 0 Å². The average Bonchev–Trinajstić information content (AvgIpc) is 2.71. The second-order valence-electron chi connectivity index (χ2n) is 3.20. The number of nitrogens with one attached hydrogen (secondary N) is 1. The Balaban J connectivity index is 2.14. The number of rotatable bonds is 1. The quantitative estimate of drug-likeness (QED) is 0.639. The third-order valence-electron chi connectivity index (χ3n) is 2.15. The van der Waals surface area contributed by atoms with Gasteiger partial charge >= 0.3 is 0 Å². The first-order valence-corrected chi connectivity index (χ1v) is 4.49. The van der Waals surface area contributed by atoms with E-state index in [-0.39, 0.29) is 5.91 Å². The smallest absolute Gasteiger partial charge is 0.273 e. The molecular weight excluding hydrogens is 180 g/mol. The molecule has 0 radical (unpaired) electrons. The zero-order chi connectivity index (χ0) is 9.97. The Labute approximate surface area is 81.9 Å². The Morgan fingerprint density at radius 2 is 2.43 bits per heavy atom. The van der Waals surface area contributed by atoms with Crippen molar-refractivity contribution in [1.82, 2.24) is 15.2 Å². The molecule has 0 unspecified atom stereocenters. The first kappa shape index (κ1) is 8.96. The summed E-state index contributed by atoms with van der Waals surface area (Å²) in [5, 5.41) is 3.09. The fraction of sp³-hybridized carbons (Fsp3) is 0.333. The Kier molecular flexibility index (Phi) is 2.32. The summed E-state index contributed by atoms with van der Waals surface area (Å²) in [6, 6.07) is 3.33. The minimum atomic E-state index is -0.0463. The van der Waals surface area contributed by atoms with Crippen molar-refractivity contribution in [3.05, 3.63) is 24.0 Å². The van der Waals surface area contributed by atoms with Gasteiger partial charge < -0.3 is 10.6 Å². The van der Waals surface area contributed by atoms with Crippen LogP contribution in [0.2, 0.25) is 0 Å². The molecule has 2 rings (SSSR count). The van der Waals surface area contributed by atoms with Crippen LogP contribution >= 0.6 is 0 Å². The van der Waals surface area contributed by atoms with Gasteiger partial charge in [-0.1, -0.05) is 0 Å². The summed E-state index contributed by atoms with van der Waals surface area (Å²) in [7, 11) is 0. The van der Waals surface area contributed by atoms with Crippen LogP contribution in [0.5, 0.6) is 0 Å². The van der Waals surface area contributed by atoms with Gasteiger partial charge in [-0.15, -0.1) is 0 Å². The van der Waals surface area contributed by atoms with E-state index in [0.29, 0.717) is 18.1 Å². The van der Waals surface area contributed by atoms with Crippen LogP contribution < -0.4 is 11.1 Å². The second kappa shape index (κ2) is 3.63. The number of amides is 1. The fourth-order valence-electron chi connectivity index (χ4n) is 1.37. The molecule has 0 saturated carbocycles. The molecule has 2 heterocycles. The molecule has 5 nitrogen and oxygen atoms in total. The third kappa shape index (κ3) is 1.67. The van der Waals surface area contributed by atoms with Gasteiger partial charge in [0.25, 0.3) is 5.91 Å². The van der Waals surface area contributed by atoms with Crippen LogP contribution in [0.3, 0.4) is 0 Å². The summed E-state index contributed by atoms with van der Waals surface area (Å²) in [6.45, 7) is 2.19. The van der Waals surface area contributed by atoms with E-state index in [9.17, 15) is 4.79 Å². The molecule has 0 spiro atoms. The molecular formula is C9H12N4O. The molecule has 1 aliphatic heterocycles. The van der Waals surface area contributed by atoms with E-state index >= 15 is 0 Å². The lowest BCUT2D eigenvalue weighted by molar-refractivity contribution is 0.0785. The molecule has 1 aromatic rings. The molecule has 0 bridgehead atoms. The van der Waals surface area contributed by atoms with Crippen molar-refractivity contribution in [2.24, 2.45) is 0 Å². The molecule has 1 aromatic heterocycles. The van der Waals surface area contributed by atoms with E-state index in [1.165, 1.54) is 6.20 Å². The Hall–Kier alpha value is -1.62. The second-order valence-corrected chi connectivity index (χ2v) is 3.20. The predicted octanol–water partition coefficient (Wildman–Crippen LogP) is -0.333. The number of nitrogens with two attached hydrogens (primary N) is 1. The molecule has 1 saturated heterocycles. The van der Waals surface area contributed by atoms with Crippen LogP contribution in [-0.4, -0.2) is 35.5 Å². The maximum atomic E-state index is 11.7. The van der Waals surface area contributed by atoms with Crippen LogP contribution in [0, 0.1) is 0 Å². The largest absolute Gasteiger partial charge is 0.397 e. The number of anilines is 1. The highest BCUT2D eigenvalue weighted by atomic mass is 16.2. The lowest BCUT2D eigenvalue weighted by Crippen LogP contribution is -2.30. The number of carbonyl (C=O) groups excluding carboxylic acids is 1. The van der Waals surface area contributed by atoms with Crippen LogP contribution in [0.25, 0.3) is 0 Å². The van der Waals surface area contributed by atoms with Gasteiger partial charge in [0.2, 0.25) is 0 Å². The molecule has 1 fully saturated rings. The molecule has 5 heteroatoms. The van der Waals surface area contributed by atoms with Gasteiger partial charge in [-0.3, -0.25) is 10.1 Å². The number of pyridine rings is 1. The lowest BCUT2D eigenvalue weighted by atomic mass is 10.3. The van der Waals surface area contributed by atoms with Crippen molar-refractivity contribution in [1.29, 1.82) is 0 Å². The molecule has 14 heavy (non-hydrogen) atoms. The van der Waals surface area contributed by atoms with E-state index in [0.717, 1.165) is 13.1 Å². The predicted molar refractivity (Wildman–Crippen MR) is 52.6 cm³/mol. The molecule has 3 N–H and O–H groups in total. The first-order valence-electron chi connectivity index (χ1n) is 4.49. The fourth-order valence-corrected chi connectivity index (χ4v) is 1.37. The first-order chi connectivity index (χ1) is 6.77. The van der Waals surface area contributed by atoms with Gasteiger partial charge in [-0.2, -0.15) is 0 Å². The summed E-state index contributed by atoms with van der Waals surface area (Å²) in [6.07, 6.45) is 1.50. The van der Waals surface area contributed by atoms with Gasteiger partial charge in [0.15, 0.2) is 0 Å². The van der Waals surface area contributed by atoms with E-state index in [4.69, 9.17) is 5.73 Å². The topological polar surface area (TPSA) is 71.2 Å². The molecule has 0 aliphatic carbocycles. The van der Waals surface area contributed by atoms with Crippen LogP contribution in [0.1, 0.15) is 10.5 Å². The Bertz CT molecular complexity index is 329. The van der Waals surface area contributed by atoms with Gasteiger partial charge in [0.05, 0.1) is 18.6 Å². The van der Waals surface area contributed by atoms with Gasteiger partial charge in [0.1, 0.15) is 5.69 Å². The third-order valence-corrected chi connectivity index (χ3v) is 2.15. The number of aromatic nitrogens is 1. The van der Waals surface area contributed by atoms with E-state index < -0.39 is 0 Å². The highest BCUT2D eigenvalue weighted by Gasteiger charge is 2.19. The van der Waals surface area contributed by atoms with Crippen molar-refractivity contribution in [3.8, 4) is 0 Å². The number of nitrogens with zero attached hydrogens (tertiary/aromatic N) is 2. The molecule has 1 amide bonds. The highest BCUT2D eigenvalue weighted by Crippen LogP contribution is 2.05. The summed E-state index contributed by atoms with van der Waals surface area (Å²) < 4.78 is 0. The molecule has 0 atom stereocenters. The van der Waals surface area contributed by atoms with Crippen molar-refractivity contribution in [2.75, 3.05) is 25.5 Å². The van der Waals surface area contributed by atoms with Crippen molar-refractivity contribution < 1.29 is 4.79 Å².